The molecule has 1 rings (SSSR count). The van der Waals surface area contributed by atoms with Gasteiger partial charge in [-0.05, 0) is 38.0 Å². The average Bonchev–Trinajstić information content (AvgIpc) is 2.93. The van der Waals surface area contributed by atoms with Gasteiger partial charge in [-0.1, -0.05) is 56.9 Å². The Balaban J connectivity index is 2.34. The number of carbonyl (C=O) groups is 2. The first kappa shape index (κ1) is 21.6. The van der Waals surface area contributed by atoms with Crippen LogP contribution >= 0.6 is 0 Å². The number of carboxylic acid groups (broad SMARTS) is 1. The third-order valence-electron chi connectivity index (χ3n) is 4.91. The molecule has 1 aliphatic carbocycles. The van der Waals surface area contributed by atoms with Crippen LogP contribution in [0.4, 0.5) is 0 Å². The molecule has 0 aliphatic heterocycles. The van der Waals surface area contributed by atoms with Crippen molar-refractivity contribution < 1.29 is 19.8 Å². The molecule has 0 aromatic rings. The zero-order chi connectivity index (χ0) is 18.5. The lowest BCUT2D eigenvalue weighted by Gasteiger charge is -2.13. The van der Waals surface area contributed by atoms with E-state index in [9.17, 15) is 14.7 Å². The maximum absolute atomic E-state index is 12.1. The van der Waals surface area contributed by atoms with Gasteiger partial charge in [-0.2, -0.15) is 0 Å². The third kappa shape index (κ3) is 9.59. The van der Waals surface area contributed by atoms with Gasteiger partial charge in [0, 0.05) is 18.8 Å². The minimum absolute atomic E-state index is 0.0132. The van der Waals surface area contributed by atoms with E-state index in [1.54, 1.807) is 0 Å². The largest absolute Gasteiger partial charge is 0.481 e. The molecule has 1 saturated carbocycles. The highest BCUT2D eigenvalue weighted by atomic mass is 16.4. The van der Waals surface area contributed by atoms with Crippen LogP contribution in [-0.2, 0) is 9.59 Å². The summed E-state index contributed by atoms with van der Waals surface area (Å²) < 4.78 is 0. The fourth-order valence-corrected chi connectivity index (χ4v) is 3.35. The summed E-state index contributed by atoms with van der Waals surface area (Å²) in [6.07, 6.45) is 16.7. The van der Waals surface area contributed by atoms with E-state index in [4.69, 9.17) is 5.11 Å². The lowest BCUT2D eigenvalue weighted by atomic mass is 9.91. The summed E-state index contributed by atoms with van der Waals surface area (Å²) in [6, 6.07) is 0. The molecule has 0 aromatic heterocycles. The van der Waals surface area contributed by atoms with E-state index in [1.807, 2.05) is 24.3 Å². The third-order valence-corrected chi connectivity index (χ3v) is 4.91. The van der Waals surface area contributed by atoms with E-state index < -0.39 is 12.1 Å². The maximum atomic E-state index is 12.1. The number of carboxylic acids is 1. The van der Waals surface area contributed by atoms with Gasteiger partial charge in [0.05, 0.1) is 6.10 Å². The van der Waals surface area contributed by atoms with Gasteiger partial charge in [0.15, 0.2) is 0 Å². The molecule has 0 heterocycles. The van der Waals surface area contributed by atoms with Crippen LogP contribution in [0.3, 0.4) is 0 Å². The van der Waals surface area contributed by atoms with E-state index >= 15 is 0 Å². The maximum Gasteiger partial charge on any atom is 0.303 e. The molecule has 3 unspecified atom stereocenters. The molecule has 0 aromatic carbocycles. The SMILES string of the molecule is CCCCCCC(O)C=CC1CCC(=O)C1CC=CCCCC(=O)O. The molecular weight excluding hydrogens is 316 g/mol. The fourth-order valence-electron chi connectivity index (χ4n) is 3.35. The summed E-state index contributed by atoms with van der Waals surface area (Å²) in [6.45, 7) is 2.17. The van der Waals surface area contributed by atoms with Crippen LogP contribution in [0, 0.1) is 11.8 Å². The highest BCUT2D eigenvalue weighted by Crippen LogP contribution is 2.33. The number of hydrogen-bond donors (Lipinski definition) is 2. The van der Waals surface area contributed by atoms with Crippen LogP contribution < -0.4 is 0 Å². The van der Waals surface area contributed by atoms with Crippen LogP contribution in [0.1, 0.15) is 77.6 Å². The van der Waals surface area contributed by atoms with Crippen molar-refractivity contribution in [1.29, 1.82) is 0 Å². The highest BCUT2D eigenvalue weighted by molar-refractivity contribution is 5.83. The Morgan fingerprint density at radius 2 is 2.04 bits per heavy atom. The predicted molar refractivity (Wildman–Crippen MR) is 100 cm³/mol. The lowest BCUT2D eigenvalue weighted by Crippen LogP contribution is -2.13. The molecular formula is C21H34O4. The molecule has 0 spiro atoms. The van der Waals surface area contributed by atoms with E-state index in [2.05, 4.69) is 6.92 Å². The molecule has 0 radical (unpaired) electrons. The van der Waals surface area contributed by atoms with Gasteiger partial charge in [0.2, 0.25) is 0 Å². The van der Waals surface area contributed by atoms with Crippen molar-refractivity contribution in [3.05, 3.63) is 24.3 Å². The standard InChI is InChI=1S/C21H34O4/c1-2-3-4-7-10-18(22)15-13-17-14-16-20(23)19(17)11-8-5-6-9-12-21(24)25/h5,8,13,15,17-19,22H,2-4,6-7,9-12,14,16H2,1H3,(H,24,25). The fraction of sp³-hybridized carbons (Fsp3) is 0.714. The number of carbonyl (C=O) groups excluding carboxylic acids is 1. The molecule has 1 fully saturated rings. The molecule has 2 N–H and O–H groups in total. The quantitative estimate of drug-likeness (QED) is 0.374. The Morgan fingerprint density at radius 3 is 2.76 bits per heavy atom. The number of aliphatic carboxylic acids is 1. The van der Waals surface area contributed by atoms with Gasteiger partial charge >= 0.3 is 5.97 Å². The van der Waals surface area contributed by atoms with Crippen molar-refractivity contribution >= 4 is 11.8 Å². The Kier molecular flexibility index (Phi) is 11.1. The Bertz CT molecular complexity index is 453. The van der Waals surface area contributed by atoms with Crippen LogP contribution in [-0.4, -0.2) is 28.1 Å². The van der Waals surface area contributed by atoms with Gasteiger partial charge in [0.1, 0.15) is 5.78 Å². The normalized spacial score (nSPS) is 22.2. The second kappa shape index (κ2) is 12.9. The van der Waals surface area contributed by atoms with Crippen molar-refractivity contribution in [2.45, 2.75) is 83.7 Å². The Labute approximate surface area is 152 Å². The van der Waals surface area contributed by atoms with Crippen molar-refractivity contribution in [3.63, 3.8) is 0 Å². The van der Waals surface area contributed by atoms with Crippen molar-refractivity contribution in [2.75, 3.05) is 0 Å². The number of ketones is 1. The summed E-state index contributed by atoms with van der Waals surface area (Å²) >= 11 is 0. The highest BCUT2D eigenvalue weighted by Gasteiger charge is 2.31. The Morgan fingerprint density at radius 1 is 1.24 bits per heavy atom. The zero-order valence-electron chi connectivity index (χ0n) is 15.5. The number of rotatable bonds is 13. The summed E-state index contributed by atoms with van der Waals surface area (Å²) in [7, 11) is 0. The molecule has 0 saturated heterocycles. The van der Waals surface area contributed by atoms with Crippen molar-refractivity contribution in [3.8, 4) is 0 Å². The monoisotopic (exact) mass is 350 g/mol. The van der Waals surface area contributed by atoms with Gasteiger partial charge < -0.3 is 10.2 Å². The number of hydrogen-bond acceptors (Lipinski definition) is 3. The number of allylic oxidation sites excluding steroid dienone is 3. The predicted octanol–water partition coefficient (Wildman–Crippen LogP) is 4.67. The number of unbranched alkanes of at least 4 members (excludes halogenated alkanes) is 4. The molecule has 4 nitrogen and oxygen atoms in total. The van der Waals surface area contributed by atoms with E-state index in [0.29, 0.717) is 25.0 Å². The zero-order valence-corrected chi connectivity index (χ0v) is 15.5. The molecule has 3 atom stereocenters. The minimum atomic E-state index is -0.766. The molecule has 142 valence electrons. The smallest absolute Gasteiger partial charge is 0.303 e. The van der Waals surface area contributed by atoms with Crippen LogP contribution in [0.5, 0.6) is 0 Å². The molecule has 0 bridgehead atoms. The second-order valence-electron chi connectivity index (χ2n) is 7.07. The topological polar surface area (TPSA) is 74.6 Å². The number of aliphatic hydroxyl groups is 1. The van der Waals surface area contributed by atoms with E-state index in [0.717, 1.165) is 25.7 Å². The summed E-state index contributed by atoms with van der Waals surface area (Å²) in [5.74, 6) is -0.221. The average molecular weight is 350 g/mol. The number of Topliss-reactive ketones (excluding diaryl/α,β-unsaturated/α-hetero) is 1. The van der Waals surface area contributed by atoms with Crippen LogP contribution in [0.15, 0.2) is 24.3 Å². The van der Waals surface area contributed by atoms with Crippen molar-refractivity contribution in [1.82, 2.24) is 0 Å². The molecule has 1 aliphatic rings. The minimum Gasteiger partial charge on any atom is -0.481 e. The van der Waals surface area contributed by atoms with E-state index in [-0.39, 0.29) is 18.3 Å². The Hall–Kier alpha value is -1.42. The molecule has 25 heavy (non-hydrogen) atoms. The van der Waals surface area contributed by atoms with Crippen LogP contribution in [0.2, 0.25) is 0 Å². The lowest BCUT2D eigenvalue weighted by molar-refractivity contribution is -0.137. The molecule has 0 amide bonds. The first-order valence-corrected chi connectivity index (χ1v) is 9.80. The van der Waals surface area contributed by atoms with E-state index in [1.165, 1.54) is 19.3 Å². The van der Waals surface area contributed by atoms with Gasteiger partial charge in [-0.15, -0.1) is 0 Å². The second-order valence-corrected chi connectivity index (χ2v) is 7.07. The van der Waals surface area contributed by atoms with Gasteiger partial charge in [-0.3, -0.25) is 9.59 Å². The molecule has 4 heteroatoms. The summed E-state index contributed by atoms with van der Waals surface area (Å²) in [5.41, 5.74) is 0. The summed E-state index contributed by atoms with van der Waals surface area (Å²) in [5, 5.41) is 18.6. The number of aliphatic hydroxyl groups excluding tert-OH is 1. The first-order chi connectivity index (χ1) is 12.0. The van der Waals surface area contributed by atoms with Gasteiger partial charge in [-0.25, -0.2) is 0 Å². The van der Waals surface area contributed by atoms with Gasteiger partial charge in [0.25, 0.3) is 0 Å². The van der Waals surface area contributed by atoms with Crippen molar-refractivity contribution in [2.24, 2.45) is 11.8 Å². The first-order valence-electron chi connectivity index (χ1n) is 9.80. The van der Waals surface area contributed by atoms with Crippen LogP contribution in [0.25, 0.3) is 0 Å². The summed E-state index contributed by atoms with van der Waals surface area (Å²) in [4.78, 5) is 22.5.